The van der Waals surface area contributed by atoms with Gasteiger partial charge in [0.2, 0.25) is 5.91 Å². The number of hydrogen-bond donors (Lipinski definition) is 1. The Morgan fingerprint density at radius 2 is 1.68 bits per heavy atom. The Hall–Kier alpha value is -4.14. The van der Waals surface area contributed by atoms with Crippen LogP contribution in [0.5, 0.6) is 17.2 Å². The normalized spacial score (nSPS) is 12.0. The predicted molar refractivity (Wildman–Crippen MR) is 143 cm³/mol. The summed E-state index contributed by atoms with van der Waals surface area (Å²) in [5.74, 6) is 0.504. The van der Waals surface area contributed by atoms with Crippen molar-refractivity contribution in [3.63, 3.8) is 0 Å². The van der Waals surface area contributed by atoms with E-state index in [0.717, 1.165) is 18.4 Å². The van der Waals surface area contributed by atoms with Crippen LogP contribution in [0.25, 0.3) is 0 Å². The van der Waals surface area contributed by atoms with Crippen LogP contribution in [0.1, 0.15) is 50.9 Å². The van der Waals surface area contributed by atoms with Gasteiger partial charge in [0.1, 0.15) is 28.9 Å². The number of benzene rings is 2. The number of aromatic nitrogens is 4. The zero-order valence-corrected chi connectivity index (χ0v) is 22.3. The van der Waals surface area contributed by atoms with Crippen LogP contribution in [0, 0.1) is 0 Å². The molecule has 0 saturated carbocycles. The maximum atomic E-state index is 13.7. The van der Waals surface area contributed by atoms with E-state index < -0.39 is 5.92 Å². The molecule has 0 bridgehead atoms. The predicted octanol–water partition coefficient (Wildman–Crippen LogP) is 5.16. The van der Waals surface area contributed by atoms with Gasteiger partial charge in [0.25, 0.3) is 0 Å². The lowest BCUT2D eigenvalue weighted by Gasteiger charge is -2.18. The molecule has 1 unspecified atom stereocenters. The summed E-state index contributed by atoms with van der Waals surface area (Å²) in [6, 6.07) is 12.7. The minimum Gasteiger partial charge on any atom is -0.496 e. The Bertz CT molecular complexity index is 1220. The monoisotopic (exact) mass is 505 g/mol. The van der Waals surface area contributed by atoms with Crippen molar-refractivity contribution in [3.05, 3.63) is 77.2 Å². The summed E-state index contributed by atoms with van der Waals surface area (Å²) < 4.78 is 16.3. The third kappa shape index (κ3) is 7.42. The lowest BCUT2D eigenvalue weighted by molar-refractivity contribution is -0.116. The van der Waals surface area contributed by atoms with Crippen molar-refractivity contribution in [2.45, 2.75) is 46.1 Å². The highest BCUT2D eigenvalue weighted by molar-refractivity contribution is 6.00. The molecule has 0 saturated heterocycles. The number of rotatable bonds is 12. The molecule has 3 rings (SSSR count). The second-order valence-corrected chi connectivity index (χ2v) is 8.81. The molecule has 0 spiro atoms. The molecule has 2 aromatic carbocycles. The second kappa shape index (κ2) is 13.2. The van der Waals surface area contributed by atoms with Crippen LogP contribution in [0.4, 0.5) is 5.69 Å². The van der Waals surface area contributed by atoms with E-state index in [1.165, 1.54) is 30.2 Å². The van der Waals surface area contributed by atoms with Crippen LogP contribution in [0.2, 0.25) is 0 Å². The minimum absolute atomic E-state index is 0.297. The maximum absolute atomic E-state index is 13.7. The quantitative estimate of drug-likeness (QED) is 0.339. The summed E-state index contributed by atoms with van der Waals surface area (Å²) in [6.45, 7) is 6.75. The third-order valence-electron chi connectivity index (χ3n) is 5.78. The summed E-state index contributed by atoms with van der Waals surface area (Å²) in [5, 5.41) is 15.9. The van der Waals surface area contributed by atoms with Crippen LogP contribution in [0.15, 0.2) is 65.8 Å². The number of nitrogens with one attached hydrogen (secondary N) is 1. The van der Waals surface area contributed by atoms with E-state index in [2.05, 4.69) is 53.7 Å². The molecule has 1 heterocycles. The molecule has 0 radical (unpaired) electrons. The molecule has 37 heavy (non-hydrogen) atoms. The fraction of sp³-hybridized carbons (Fsp3) is 0.357. The molecular weight excluding hydrogens is 470 g/mol. The molecule has 3 aromatic rings. The summed E-state index contributed by atoms with van der Waals surface area (Å²) >= 11 is 0. The molecule has 9 heteroatoms. The summed E-state index contributed by atoms with van der Waals surface area (Å²) in [5.41, 5.74) is 3.68. The highest BCUT2D eigenvalue weighted by Gasteiger charge is 2.29. The smallest absolute Gasteiger partial charge is 0.240 e. The Morgan fingerprint density at radius 3 is 2.27 bits per heavy atom. The average molecular weight is 506 g/mol. The number of ether oxygens (including phenoxy) is 3. The molecule has 0 aliphatic heterocycles. The Kier molecular flexibility index (Phi) is 9.83. The third-order valence-corrected chi connectivity index (χ3v) is 5.78. The van der Waals surface area contributed by atoms with Gasteiger partial charge in [0, 0.05) is 12.1 Å². The standard InChI is InChI=1S/C28H35N5O4/c1-19(2)11-10-12-20(3)15-16-33-31-27(30-32-33)25(21-13-8-7-9-14-21)28(34)29-26-23(36-5)17-22(35-4)18-24(26)37-6/h7-9,11,13-15,17-18,25H,10,12,16H2,1-6H3,(H,29,34)/b20-15+. The Balaban J connectivity index is 1.87. The molecule has 9 nitrogen and oxygen atoms in total. The first-order valence-corrected chi connectivity index (χ1v) is 12.1. The Morgan fingerprint density at radius 1 is 1.00 bits per heavy atom. The van der Waals surface area contributed by atoms with Crippen molar-refractivity contribution >= 4 is 11.6 Å². The molecular formula is C28H35N5O4. The minimum atomic E-state index is -0.797. The van der Waals surface area contributed by atoms with Gasteiger partial charge in [0.05, 0.1) is 27.9 Å². The lowest BCUT2D eigenvalue weighted by atomic mass is 9.97. The van der Waals surface area contributed by atoms with Gasteiger partial charge in [-0.1, -0.05) is 53.6 Å². The SMILES string of the molecule is COc1cc(OC)c(NC(=O)C(c2ccccc2)c2nnn(C/C=C(\C)CCC=C(C)C)n2)c(OC)c1. The molecule has 1 atom stereocenters. The first-order chi connectivity index (χ1) is 17.9. The van der Waals surface area contributed by atoms with E-state index in [1.807, 2.05) is 30.3 Å². The number of carbonyl (C=O) groups excluding carboxylic acids is 1. The highest BCUT2D eigenvalue weighted by Crippen LogP contribution is 2.39. The maximum Gasteiger partial charge on any atom is 0.240 e. The molecule has 0 aliphatic carbocycles. The van der Waals surface area contributed by atoms with Gasteiger partial charge in [-0.05, 0) is 44.4 Å². The fourth-order valence-corrected chi connectivity index (χ4v) is 3.76. The second-order valence-electron chi connectivity index (χ2n) is 8.81. The molecule has 0 fully saturated rings. The Labute approximate surface area is 218 Å². The van der Waals surface area contributed by atoms with Gasteiger partial charge in [-0.25, -0.2) is 0 Å². The molecule has 1 amide bonds. The van der Waals surface area contributed by atoms with Crippen molar-refractivity contribution in [2.75, 3.05) is 26.6 Å². The summed E-state index contributed by atoms with van der Waals surface area (Å²) in [7, 11) is 4.58. The van der Waals surface area contributed by atoms with Gasteiger partial charge in [-0.15, -0.1) is 10.2 Å². The van der Waals surface area contributed by atoms with Gasteiger partial charge in [-0.3, -0.25) is 4.79 Å². The number of anilines is 1. The van der Waals surface area contributed by atoms with Gasteiger partial charge >= 0.3 is 0 Å². The number of carbonyl (C=O) groups is 1. The number of allylic oxidation sites excluding steroid dienone is 4. The fourth-order valence-electron chi connectivity index (χ4n) is 3.76. The zero-order valence-electron chi connectivity index (χ0n) is 22.3. The number of methoxy groups -OCH3 is 3. The molecule has 0 aliphatic rings. The van der Waals surface area contributed by atoms with E-state index >= 15 is 0 Å². The van der Waals surface area contributed by atoms with E-state index in [0.29, 0.717) is 35.3 Å². The van der Waals surface area contributed by atoms with Crippen molar-refractivity contribution in [1.82, 2.24) is 20.2 Å². The summed E-state index contributed by atoms with van der Waals surface area (Å²) in [6.07, 6.45) is 6.26. The van der Waals surface area contributed by atoms with Gasteiger partial charge in [-0.2, -0.15) is 4.80 Å². The molecule has 1 N–H and O–H groups in total. The van der Waals surface area contributed by atoms with E-state index in [1.54, 1.807) is 19.2 Å². The largest absolute Gasteiger partial charge is 0.496 e. The highest BCUT2D eigenvalue weighted by atomic mass is 16.5. The van der Waals surface area contributed by atoms with Crippen LogP contribution in [0.3, 0.4) is 0 Å². The van der Waals surface area contributed by atoms with E-state index in [-0.39, 0.29) is 5.91 Å². The van der Waals surface area contributed by atoms with Crippen LogP contribution in [-0.2, 0) is 11.3 Å². The summed E-state index contributed by atoms with van der Waals surface area (Å²) in [4.78, 5) is 15.2. The van der Waals surface area contributed by atoms with Crippen LogP contribution < -0.4 is 19.5 Å². The molecule has 196 valence electrons. The lowest BCUT2D eigenvalue weighted by Crippen LogP contribution is -2.24. The van der Waals surface area contributed by atoms with Crippen molar-refractivity contribution in [1.29, 1.82) is 0 Å². The number of hydrogen-bond acceptors (Lipinski definition) is 7. The number of tetrazole rings is 1. The van der Waals surface area contributed by atoms with Crippen molar-refractivity contribution < 1.29 is 19.0 Å². The van der Waals surface area contributed by atoms with Gasteiger partial charge < -0.3 is 19.5 Å². The first-order valence-electron chi connectivity index (χ1n) is 12.1. The average Bonchev–Trinajstić information content (AvgIpc) is 3.36. The van der Waals surface area contributed by atoms with Crippen LogP contribution >= 0.6 is 0 Å². The zero-order chi connectivity index (χ0) is 26.8. The topological polar surface area (TPSA) is 100 Å². The van der Waals surface area contributed by atoms with E-state index in [4.69, 9.17) is 14.2 Å². The number of nitrogens with zero attached hydrogens (tertiary/aromatic N) is 4. The number of amides is 1. The first kappa shape index (κ1) is 27.4. The van der Waals surface area contributed by atoms with Crippen molar-refractivity contribution in [3.8, 4) is 17.2 Å². The van der Waals surface area contributed by atoms with Gasteiger partial charge in [0.15, 0.2) is 5.82 Å². The molecule has 1 aromatic heterocycles. The van der Waals surface area contributed by atoms with Crippen molar-refractivity contribution in [2.24, 2.45) is 0 Å². The van der Waals surface area contributed by atoms with E-state index in [9.17, 15) is 4.79 Å². The van der Waals surface area contributed by atoms with Crippen LogP contribution in [-0.4, -0.2) is 47.4 Å².